The van der Waals surface area contributed by atoms with Gasteiger partial charge < -0.3 is 9.88 Å². The Bertz CT molecular complexity index is 1010. The molecule has 1 amide bonds. The maximum Gasteiger partial charge on any atom is 0.416 e. The lowest BCUT2D eigenvalue weighted by atomic mass is 10.1. The van der Waals surface area contributed by atoms with Crippen molar-refractivity contribution in [1.29, 1.82) is 0 Å². The zero-order valence-corrected chi connectivity index (χ0v) is 15.5. The number of alkyl halides is 3. The fraction of sp³-hybridized carbons (Fsp3) is 0.286. The SMILES string of the molecule is O=C(Nc1ccc(-c2nnc3n2CCCCC3)cc1)c1ccc(C(F)(F)F)cc1. The molecule has 0 saturated carbocycles. The third-order valence-electron chi connectivity index (χ3n) is 4.98. The molecule has 2 heterocycles. The van der Waals surface area contributed by atoms with Gasteiger partial charge in [0.15, 0.2) is 5.82 Å². The quantitative estimate of drug-likeness (QED) is 0.677. The second-order valence-corrected chi connectivity index (χ2v) is 7.01. The van der Waals surface area contributed by atoms with Gasteiger partial charge in [-0.25, -0.2) is 0 Å². The number of carbonyl (C=O) groups excluding carboxylic acids is 1. The summed E-state index contributed by atoms with van der Waals surface area (Å²) < 4.78 is 40.1. The molecule has 0 unspecified atom stereocenters. The molecule has 1 aliphatic rings. The molecule has 0 atom stereocenters. The van der Waals surface area contributed by atoms with Crippen molar-refractivity contribution in [2.45, 2.75) is 38.4 Å². The van der Waals surface area contributed by atoms with Crippen LogP contribution >= 0.6 is 0 Å². The molecule has 0 spiro atoms. The van der Waals surface area contributed by atoms with Crippen LogP contribution in [0.2, 0.25) is 0 Å². The van der Waals surface area contributed by atoms with E-state index in [1.54, 1.807) is 12.1 Å². The summed E-state index contributed by atoms with van der Waals surface area (Å²) in [5.74, 6) is 1.34. The van der Waals surface area contributed by atoms with Gasteiger partial charge in [0.05, 0.1) is 5.56 Å². The highest BCUT2D eigenvalue weighted by Gasteiger charge is 2.30. The minimum atomic E-state index is -4.43. The molecule has 0 fully saturated rings. The van der Waals surface area contributed by atoms with Crippen molar-refractivity contribution in [3.8, 4) is 11.4 Å². The number of nitrogens with zero attached hydrogens (tertiary/aromatic N) is 3. The Hall–Kier alpha value is -3.16. The Morgan fingerprint density at radius 3 is 2.34 bits per heavy atom. The molecule has 1 N–H and O–H groups in total. The van der Waals surface area contributed by atoms with Gasteiger partial charge in [-0.2, -0.15) is 13.2 Å². The zero-order chi connectivity index (χ0) is 20.4. The summed E-state index contributed by atoms with van der Waals surface area (Å²) in [6.07, 6.45) is -0.108. The Morgan fingerprint density at radius 1 is 0.931 bits per heavy atom. The monoisotopic (exact) mass is 400 g/mol. The number of aryl methyl sites for hydroxylation is 1. The van der Waals surface area contributed by atoms with Crippen molar-refractivity contribution < 1.29 is 18.0 Å². The molecule has 0 aliphatic carbocycles. The molecule has 1 aliphatic heterocycles. The number of rotatable bonds is 3. The van der Waals surface area contributed by atoms with Crippen LogP contribution in [0.3, 0.4) is 0 Å². The van der Waals surface area contributed by atoms with Gasteiger partial charge in [0.1, 0.15) is 5.82 Å². The summed E-state index contributed by atoms with van der Waals surface area (Å²) in [7, 11) is 0. The topological polar surface area (TPSA) is 59.8 Å². The highest BCUT2D eigenvalue weighted by atomic mass is 19.4. The Morgan fingerprint density at radius 2 is 1.66 bits per heavy atom. The molecule has 29 heavy (non-hydrogen) atoms. The third kappa shape index (κ3) is 4.16. The van der Waals surface area contributed by atoms with E-state index in [-0.39, 0.29) is 5.56 Å². The number of amides is 1. The van der Waals surface area contributed by atoms with Gasteiger partial charge in [0.25, 0.3) is 5.91 Å². The van der Waals surface area contributed by atoms with E-state index >= 15 is 0 Å². The van der Waals surface area contributed by atoms with Gasteiger partial charge >= 0.3 is 6.18 Å². The first-order chi connectivity index (χ1) is 13.9. The zero-order valence-electron chi connectivity index (χ0n) is 15.5. The van der Waals surface area contributed by atoms with E-state index in [0.717, 1.165) is 67.3 Å². The van der Waals surface area contributed by atoms with E-state index in [1.165, 1.54) is 6.42 Å². The minimum absolute atomic E-state index is 0.157. The van der Waals surface area contributed by atoms with Crippen molar-refractivity contribution >= 4 is 11.6 Å². The lowest BCUT2D eigenvalue weighted by molar-refractivity contribution is -0.137. The second kappa shape index (κ2) is 7.69. The van der Waals surface area contributed by atoms with Crippen molar-refractivity contribution in [2.75, 3.05) is 5.32 Å². The van der Waals surface area contributed by atoms with Crippen molar-refractivity contribution in [2.24, 2.45) is 0 Å². The molecule has 3 aromatic rings. The van der Waals surface area contributed by atoms with Gasteiger partial charge in [-0.1, -0.05) is 6.42 Å². The molecule has 0 radical (unpaired) electrons. The van der Waals surface area contributed by atoms with Crippen LogP contribution in [0.5, 0.6) is 0 Å². The summed E-state index contributed by atoms with van der Waals surface area (Å²) >= 11 is 0. The van der Waals surface area contributed by atoms with Gasteiger partial charge in [-0.05, 0) is 61.4 Å². The van der Waals surface area contributed by atoms with E-state index in [2.05, 4.69) is 20.1 Å². The summed E-state index contributed by atoms with van der Waals surface area (Å²) in [5.41, 5.74) is 0.822. The van der Waals surface area contributed by atoms with Crippen LogP contribution in [0, 0.1) is 0 Å². The van der Waals surface area contributed by atoms with E-state index < -0.39 is 17.6 Å². The molecule has 0 saturated heterocycles. The largest absolute Gasteiger partial charge is 0.416 e. The van der Waals surface area contributed by atoms with Crippen LogP contribution in [-0.2, 0) is 19.1 Å². The van der Waals surface area contributed by atoms with E-state index in [1.807, 2.05) is 12.1 Å². The number of halogens is 3. The van der Waals surface area contributed by atoms with Crippen molar-refractivity contribution in [3.05, 3.63) is 65.5 Å². The Labute approximate surface area is 165 Å². The maximum absolute atomic E-state index is 12.6. The molecule has 1 aromatic heterocycles. The molecule has 150 valence electrons. The number of benzene rings is 2. The number of carbonyl (C=O) groups is 1. The lowest BCUT2D eigenvalue weighted by Gasteiger charge is -2.10. The first-order valence-electron chi connectivity index (χ1n) is 9.43. The van der Waals surface area contributed by atoms with Gasteiger partial charge in [0.2, 0.25) is 0 Å². The van der Waals surface area contributed by atoms with Gasteiger partial charge in [0, 0.05) is 29.8 Å². The third-order valence-corrected chi connectivity index (χ3v) is 4.98. The minimum Gasteiger partial charge on any atom is -0.322 e. The summed E-state index contributed by atoms with van der Waals surface area (Å²) in [4.78, 5) is 12.3. The fourth-order valence-electron chi connectivity index (χ4n) is 3.42. The molecule has 2 aromatic carbocycles. The Balaban J connectivity index is 1.47. The van der Waals surface area contributed by atoms with Crippen LogP contribution in [-0.4, -0.2) is 20.7 Å². The number of anilines is 1. The lowest BCUT2D eigenvalue weighted by Crippen LogP contribution is -2.12. The molecule has 0 bridgehead atoms. The van der Waals surface area contributed by atoms with Crippen LogP contribution in [0.15, 0.2) is 48.5 Å². The smallest absolute Gasteiger partial charge is 0.322 e. The summed E-state index contributed by atoms with van der Waals surface area (Å²) in [6, 6.07) is 11.3. The van der Waals surface area contributed by atoms with Gasteiger partial charge in [-0.15, -0.1) is 10.2 Å². The summed E-state index contributed by atoms with van der Waals surface area (Å²) in [6.45, 7) is 0.893. The van der Waals surface area contributed by atoms with E-state index in [0.29, 0.717) is 5.69 Å². The molecular weight excluding hydrogens is 381 g/mol. The average molecular weight is 400 g/mol. The van der Waals surface area contributed by atoms with Crippen molar-refractivity contribution in [3.63, 3.8) is 0 Å². The van der Waals surface area contributed by atoms with E-state index in [4.69, 9.17) is 0 Å². The molecular formula is C21H19F3N4O. The first kappa shape index (κ1) is 19.2. The van der Waals surface area contributed by atoms with Gasteiger partial charge in [-0.3, -0.25) is 4.79 Å². The second-order valence-electron chi connectivity index (χ2n) is 7.01. The normalized spacial score (nSPS) is 14.2. The predicted octanol–water partition coefficient (Wildman–Crippen LogP) is 4.94. The number of nitrogens with one attached hydrogen (secondary N) is 1. The van der Waals surface area contributed by atoms with Crippen LogP contribution in [0.25, 0.3) is 11.4 Å². The summed E-state index contributed by atoms with van der Waals surface area (Å²) in [5, 5.41) is 11.3. The average Bonchev–Trinajstić information content (AvgIpc) is 2.96. The first-order valence-corrected chi connectivity index (χ1v) is 9.43. The van der Waals surface area contributed by atoms with Crippen LogP contribution in [0.1, 0.15) is 41.0 Å². The van der Waals surface area contributed by atoms with E-state index in [9.17, 15) is 18.0 Å². The number of aromatic nitrogens is 3. The standard InChI is InChI=1S/C21H19F3N4O/c22-21(23,24)16-9-5-15(6-10-16)20(29)25-17-11-7-14(8-12-17)19-27-26-18-4-2-1-3-13-28(18)19/h5-12H,1-4,13H2,(H,25,29). The molecule has 8 heteroatoms. The maximum atomic E-state index is 12.6. The number of fused-ring (bicyclic) bond motifs is 1. The highest BCUT2D eigenvalue weighted by molar-refractivity contribution is 6.04. The van der Waals surface area contributed by atoms with Crippen LogP contribution < -0.4 is 5.32 Å². The predicted molar refractivity (Wildman–Crippen MR) is 102 cm³/mol. The number of hydrogen-bond acceptors (Lipinski definition) is 3. The number of hydrogen-bond donors (Lipinski definition) is 1. The van der Waals surface area contributed by atoms with Crippen LogP contribution in [0.4, 0.5) is 18.9 Å². The Kier molecular flexibility index (Phi) is 5.08. The van der Waals surface area contributed by atoms with Crippen molar-refractivity contribution in [1.82, 2.24) is 14.8 Å². The fourth-order valence-corrected chi connectivity index (χ4v) is 3.42. The molecule has 5 nitrogen and oxygen atoms in total. The highest BCUT2D eigenvalue weighted by Crippen LogP contribution is 2.29. The molecule has 4 rings (SSSR count).